The Hall–Kier alpha value is -2.09. The quantitative estimate of drug-likeness (QED) is 0.700. The fourth-order valence-electron chi connectivity index (χ4n) is 3.51. The second-order valence-electron chi connectivity index (χ2n) is 7.45. The maximum atomic E-state index is 12.5. The van der Waals surface area contributed by atoms with Crippen molar-refractivity contribution in [2.24, 2.45) is 0 Å². The monoisotopic (exact) mass is 435 g/mol. The van der Waals surface area contributed by atoms with Gasteiger partial charge in [0.05, 0.1) is 18.4 Å². The molecular formula is C21H26ClN3O3S. The number of anilines is 1. The number of sulfonamides is 1. The Morgan fingerprint density at radius 3 is 2.41 bits per heavy atom. The third-order valence-corrected chi connectivity index (χ3v) is 5.78. The molecule has 0 saturated carbocycles. The standard InChI is InChI=1S/C21H26ClN3O3S/c1-29(27,28)24-20-5-3-2-4-17(20)14-21(26)23-19-10-12-25(13-11-19)15-16-6-8-18(22)9-7-16/h2-9,19,24H,10-15H2,1H3,(H,23,26). The maximum absolute atomic E-state index is 12.5. The van der Waals surface area contributed by atoms with Gasteiger partial charge in [-0.15, -0.1) is 0 Å². The van der Waals surface area contributed by atoms with Gasteiger partial charge in [-0.2, -0.15) is 0 Å². The Morgan fingerprint density at radius 2 is 1.76 bits per heavy atom. The van der Waals surface area contributed by atoms with E-state index in [4.69, 9.17) is 11.6 Å². The first-order valence-electron chi connectivity index (χ1n) is 9.60. The van der Waals surface area contributed by atoms with Gasteiger partial charge in [0, 0.05) is 30.7 Å². The van der Waals surface area contributed by atoms with Gasteiger partial charge in [-0.25, -0.2) is 8.42 Å². The highest BCUT2D eigenvalue weighted by molar-refractivity contribution is 7.92. The maximum Gasteiger partial charge on any atom is 0.229 e. The van der Waals surface area contributed by atoms with Crippen molar-refractivity contribution < 1.29 is 13.2 Å². The molecule has 0 spiro atoms. The molecule has 1 saturated heterocycles. The van der Waals surface area contributed by atoms with Crippen LogP contribution in [0.25, 0.3) is 0 Å². The van der Waals surface area contributed by atoms with Crippen LogP contribution >= 0.6 is 11.6 Å². The van der Waals surface area contributed by atoms with Crippen LogP contribution in [0.4, 0.5) is 5.69 Å². The smallest absolute Gasteiger partial charge is 0.229 e. The summed E-state index contributed by atoms with van der Waals surface area (Å²) < 4.78 is 25.5. The molecular weight excluding hydrogens is 410 g/mol. The molecule has 29 heavy (non-hydrogen) atoms. The second kappa shape index (κ2) is 9.61. The van der Waals surface area contributed by atoms with Crippen molar-refractivity contribution in [3.05, 3.63) is 64.7 Å². The average molecular weight is 436 g/mol. The number of rotatable bonds is 7. The van der Waals surface area contributed by atoms with Gasteiger partial charge < -0.3 is 5.32 Å². The summed E-state index contributed by atoms with van der Waals surface area (Å²) >= 11 is 5.93. The summed E-state index contributed by atoms with van der Waals surface area (Å²) in [6.45, 7) is 2.71. The number of hydrogen-bond donors (Lipinski definition) is 2. The number of hydrogen-bond acceptors (Lipinski definition) is 4. The Labute approximate surface area is 177 Å². The fraction of sp³-hybridized carbons (Fsp3) is 0.381. The summed E-state index contributed by atoms with van der Waals surface area (Å²) in [6, 6.07) is 15.0. The van der Waals surface area contributed by atoms with E-state index in [0.29, 0.717) is 11.3 Å². The van der Waals surface area contributed by atoms with E-state index in [1.54, 1.807) is 24.3 Å². The molecule has 1 aliphatic heterocycles. The highest BCUT2D eigenvalue weighted by atomic mass is 35.5. The van der Waals surface area contributed by atoms with Gasteiger partial charge in [0.15, 0.2) is 0 Å². The van der Waals surface area contributed by atoms with Crippen LogP contribution in [0.3, 0.4) is 0 Å². The van der Waals surface area contributed by atoms with Crippen LogP contribution in [0.5, 0.6) is 0 Å². The van der Waals surface area contributed by atoms with E-state index in [2.05, 4.69) is 14.9 Å². The first-order chi connectivity index (χ1) is 13.8. The highest BCUT2D eigenvalue weighted by Gasteiger charge is 2.21. The summed E-state index contributed by atoms with van der Waals surface area (Å²) in [7, 11) is -3.39. The fourth-order valence-corrected chi connectivity index (χ4v) is 4.23. The van der Waals surface area contributed by atoms with Gasteiger partial charge in [0.2, 0.25) is 15.9 Å². The molecule has 2 aromatic rings. The number of amides is 1. The summed E-state index contributed by atoms with van der Waals surface area (Å²) in [6.07, 6.45) is 3.02. The van der Waals surface area contributed by atoms with E-state index in [0.717, 1.165) is 43.8 Å². The molecule has 1 heterocycles. The summed E-state index contributed by atoms with van der Waals surface area (Å²) in [5.74, 6) is -0.0936. The van der Waals surface area contributed by atoms with Crippen LogP contribution in [0.2, 0.25) is 5.02 Å². The molecule has 0 unspecified atom stereocenters. The molecule has 0 aliphatic carbocycles. The van der Waals surface area contributed by atoms with Gasteiger partial charge in [-0.1, -0.05) is 41.9 Å². The molecule has 2 aromatic carbocycles. The summed E-state index contributed by atoms with van der Waals surface area (Å²) in [5, 5.41) is 3.83. The molecule has 156 valence electrons. The van der Waals surface area contributed by atoms with Crippen molar-refractivity contribution in [2.75, 3.05) is 24.1 Å². The number of piperidine rings is 1. The lowest BCUT2D eigenvalue weighted by atomic mass is 10.0. The zero-order valence-electron chi connectivity index (χ0n) is 16.4. The SMILES string of the molecule is CS(=O)(=O)Nc1ccccc1CC(=O)NC1CCN(Cc2ccc(Cl)cc2)CC1. The molecule has 6 nitrogen and oxygen atoms in total. The minimum atomic E-state index is -3.39. The zero-order valence-corrected chi connectivity index (χ0v) is 18.0. The van der Waals surface area contributed by atoms with Crippen LogP contribution in [0.15, 0.2) is 48.5 Å². The van der Waals surface area contributed by atoms with E-state index in [9.17, 15) is 13.2 Å². The number of benzene rings is 2. The van der Waals surface area contributed by atoms with Crippen LogP contribution in [-0.4, -0.2) is 44.6 Å². The Kier molecular flexibility index (Phi) is 7.16. The first kappa shape index (κ1) is 21.6. The number of halogens is 1. The third kappa shape index (κ3) is 7.03. The predicted molar refractivity (Wildman–Crippen MR) is 117 cm³/mol. The normalized spacial score (nSPS) is 15.8. The minimum Gasteiger partial charge on any atom is -0.353 e. The Morgan fingerprint density at radius 1 is 1.10 bits per heavy atom. The number of carbonyl (C=O) groups excluding carboxylic acids is 1. The lowest BCUT2D eigenvalue weighted by Crippen LogP contribution is -2.44. The molecule has 1 amide bonds. The number of nitrogens with one attached hydrogen (secondary N) is 2. The minimum absolute atomic E-state index is 0.0936. The lowest BCUT2D eigenvalue weighted by molar-refractivity contribution is -0.121. The molecule has 3 rings (SSSR count). The Balaban J connectivity index is 1.48. The molecule has 0 radical (unpaired) electrons. The zero-order chi connectivity index (χ0) is 20.9. The predicted octanol–water partition coefficient (Wildman–Crippen LogP) is 3.03. The molecule has 0 bridgehead atoms. The van der Waals surface area contributed by atoms with Crippen LogP contribution in [0.1, 0.15) is 24.0 Å². The summed E-state index contributed by atoms with van der Waals surface area (Å²) in [4.78, 5) is 14.9. The van der Waals surface area contributed by atoms with Crippen molar-refractivity contribution in [1.29, 1.82) is 0 Å². The van der Waals surface area contributed by atoms with Crippen molar-refractivity contribution in [3.8, 4) is 0 Å². The van der Waals surface area contributed by atoms with Gasteiger partial charge in [0.25, 0.3) is 0 Å². The number of carbonyl (C=O) groups is 1. The van der Waals surface area contributed by atoms with Gasteiger partial charge >= 0.3 is 0 Å². The van der Waals surface area contributed by atoms with E-state index >= 15 is 0 Å². The molecule has 1 aliphatic rings. The first-order valence-corrected chi connectivity index (χ1v) is 11.9. The van der Waals surface area contributed by atoms with Gasteiger partial charge in [-0.05, 0) is 42.2 Å². The van der Waals surface area contributed by atoms with Crippen molar-refractivity contribution in [3.63, 3.8) is 0 Å². The van der Waals surface area contributed by atoms with Gasteiger partial charge in [0.1, 0.15) is 0 Å². The van der Waals surface area contributed by atoms with Crippen LogP contribution in [-0.2, 0) is 27.8 Å². The number of para-hydroxylation sites is 1. The van der Waals surface area contributed by atoms with Gasteiger partial charge in [-0.3, -0.25) is 14.4 Å². The van der Waals surface area contributed by atoms with E-state index in [1.807, 2.05) is 24.3 Å². The summed E-state index contributed by atoms with van der Waals surface area (Å²) in [5.41, 5.74) is 2.34. The highest BCUT2D eigenvalue weighted by Crippen LogP contribution is 2.18. The molecule has 0 aromatic heterocycles. The van der Waals surface area contributed by atoms with Crippen molar-refractivity contribution in [1.82, 2.24) is 10.2 Å². The van der Waals surface area contributed by atoms with Crippen molar-refractivity contribution in [2.45, 2.75) is 31.8 Å². The molecule has 2 N–H and O–H groups in total. The second-order valence-corrected chi connectivity index (χ2v) is 9.64. The third-order valence-electron chi connectivity index (χ3n) is 4.94. The number of likely N-dealkylation sites (tertiary alicyclic amines) is 1. The molecule has 1 fully saturated rings. The van der Waals surface area contributed by atoms with Crippen LogP contribution < -0.4 is 10.0 Å². The van der Waals surface area contributed by atoms with E-state index in [-0.39, 0.29) is 18.4 Å². The topological polar surface area (TPSA) is 78.5 Å². The van der Waals surface area contributed by atoms with Crippen LogP contribution in [0, 0.1) is 0 Å². The number of nitrogens with zero attached hydrogens (tertiary/aromatic N) is 1. The average Bonchev–Trinajstić information content (AvgIpc) is 2.66. The van der Waals surface area contributed by atoms with Crippen molar-refractivity contribution >= 4 is 33.2 Å². The van der Waals surface area contributed by atoms with E-state index < -0.39 is 10.0 Å². The van der Waals surface area contributed by atoms with E-state index in [1.165, 1.54) is 5.56 Å². The molecule has 8 heteroatoms. The molecule has 0 atom stereocenters. The Bertz CT molecular complexity index is 940. The lowest BCUT2D eigenvalue weighted by Gasteiger charge is -2.32. The largest absolute Gasteiger partial charge is 0.353 e.